The van der Waals surface area contributed by atoms with E-state index in [0.717, 1.165) is 69.0 Å². The number of hydrogen-bond acceptors (Lipinski definition) is 5. The standard InChI is InChI=1S/C25H33N3O3/c1-30-22-16-20-10-14-27(18-21(20)17-23(22)31-2)15-11-26-25(29)24(28-12-6-7-13-28)19-8-4-3-5-9-19/h3-5,8-9,16-17,24H,6-7,10-15,18H2,1-2H3,(H,26,29). The number of amides is 1. The minimum absolute atomic E-state index is 0.108. The molecule has 2 aromatic carbocycles. The fourth-order valence-electron chi connectivity index (χ4n) is 4.73. The maximum absolute atomic E-state index is 13.1. The van der Waals surface area contributed by atoms with Gasteiger partial charge in [0, 0.05) is 26.2 Å². The summed E-state index contributed by atoms with van der Waals surface area (Å²) in [4.78, 5) is 17.8. The summed E-state index contributed by atoms with van der Waals surface area (Å²) >= 11 is 0. The largest absolute Gasteiger partial charge is 0.493 e. The first-order valence-corrected chi connectivity index (χ1v) is 11.2. The van der Waals surface area contributed by atoms with Gasteiger partial charge in [-0.3, -0.25) is 14.6 Å². The van der Waals surface area contributed by atoms with Crippen molar-refractivity contribution in [3.8, 4) is 11.5 Å². The maximum Gasteiger partial charge on any atom is 0.242 e. The Morgan fingerprint density at radius 3 is 2.35 bits per heavy atom. The third-order valence-corrected chi connectivity index (χ3v) is 6.39. The van der Waals surface area contributed by atoms with Gasteiger partial charge in [0.25, 0.3) is 0 Å². The SMILES string of the molecule is COc1cc2c(cc1OC)CN(CCNC(=O)C(c1ccccc1)N1CCCC1)CC2. The third kappa shape index (κ3) is 5.02. The number of carbonyl (C=O) groups excluding carboxylic acids is 1. The number of hydrogen-bond donors (Lipinski definition) is 1. The molecular weight excluding hydrogens is 390 g/mol. The van der Waals surface area contributed by atoms with Crippen LogP contribution in [0.25, 0.3) is 0 Å². The van der Waals surface area contributed by atoms with Gasteiger partial charge in [-0.15, -0.1) is 0 Å². The van der Waals surface area contributed by atoms with Crippen LogP contribution in [0, 0.1) is 0 Å². The molecule has 2 aromatic rings. The second-order valence-electron chi connectivity index (χ2n) is 8.35. The lowest BCUT2D eigenvalue weighted by atomic mass is 9.99. The molecule has 0 aliphatic carbocycles. The molecule has 166 valence electrons. The van der Waals surface area contributed by atoms with Gasteiger partial charge >= 0.3 is 0 Å². The van der Waals surface area contributed by atoms with Crippen LogP contribution in [0.1, 0.15) is 35.6 Å². The Labute approximate surface area is 185 Å². The van der Waals surface area contributed by atoms with Gasteiger partial charge in [-0.2, -0.15) is 0 Å². The summed E-state index contributed by atoms with van der Waals surface area (Å²) in [5.74, 6) is 1.67. The fraction of sp³-hybridized carbons (Fsp3) is 0.480. The molecule has 4 rings (SSSR count). The Balaban J connectivity index is 1.35. The number of benzene rings is 2. The van der Waals surface area contributed by atoms with Crippen LogP contribution in [0.5, 0.6) is 11.5 Å². The highest BCUT2D eigenvalue weighted by molar-refractivity contribution is 5.83. The first kappa shape index (κ1) is 21.7. The number of carbonyl (C=O) groups is 1. The van der Waals surface area contributed by atoms with E-state index in [1.54, 1.807) is 14.2 Å². The molecule has 1 unspecified atom stereocenters. The van der Waals surface area contributed by atoms with E-state index in [0.29, 0.717) is 6.54 Å². The van der Waals surface area contributed by atoms with Crippen molar-refractivity contribution < 1.29 is 14.3 Å². The van der Waals surface area contributed by atoms with E-state index >= 15 is 0 Å². The number of rotatable bonds is 8. The van der Waals surface area contributed by atoms with Crippen LogP contribution >= 0.6 is 0 Å². The van der Waals surface area contributed by atoms with Gasteiger partial charge in [0.2, 0.25) is 5.91 Å². The lowest BCUT2D eigenvalue weighted by molar-refractivity contribution is -0.126. The van der Waals surface area contributed by atoms with Crippen LogP contribution in [-0.4, -0.2) is 62.7 Å². The second kappa shape index (κ2) is 10.2. The van der Waals surface area contributed by atoms with Crippen LogP contribution in [0.15, 0.2) is 42.5 Å². The summed E-state index contributed by atoms with van der Waals surface area (Å²) in [5.41, 5.74) is 3.67. The zero-order chi connectivity index (χ0) is 21.6. The number of likely N-dealkylation sites (tertiary alicyclic amines) is 1. The normalized spacial score (nSPS) is 17.7. The number of methoxy groups -OCH3 is 2. The van der Waals surface area contributed by atoms with Crippen molar-refractivity contribution in [2.45, 2.75) is 31.8 Å². The van der Waals surface area contributed by atoms with Gasteiger partial charge < -0.3 is 14.8 Å². The van der Waals surface area contributed by atoms with Gasteiger partial charge in [-0.1, -0.05) is 30.3 Å². The van der Waals surface area contributed by atoms with Crippen LogP contribution in [0.2, 0.25) is 0 Å². The topological polar surface area (TPSA) is 54.0 Å². The van der Waals surface area contributed by atoms with Crippen molar-refractivity contribution in [3.63, 3.8) is 0 Å². The Morgan fingerprint density at radius 1 is 1.00 bits per heavy atom. The molecular formula is C25H33N3O3. The Bertz CT molecular complexity index is 881. The third-order valence-electron chi connectivity index (χ3n) is 6.39. The number of nitrogens with one attached hydrogen (secondary N) is 1. The quantitative estimate of drug-likeness (QED) is 0.707. The molecule has 1 fully saturated rings. The molecule has 1 N–H and O–H groups in total. The van der Waals surface area contributed by atoms with Gasteiger partial charge in [0.15, 0.2) is 11.5 Å². The minimum Gasteiger partial charge on any atom is -0.493 e. The molecule has 0 aromatic heterocycles. The highest BCUT2D eigenvalue weighted by atomic mass is 16.5. The predicted octanol–water partition coefficient (Wildman–Crippen LogP) is 3.02. The van der Waals surface area contributed by atoms with Gasteiger partial charge in [-0.25, -0.2) is 0 Å². The second-order valence-corrected chi connectivity index (χ2v) is 8.35. The molecule has 0 radical (unpaired) electrons. The van der Waals surface area contributed by atoms with E-state index in [1.165, 1.54) is 11.1 Å². The van der Waals surface area contributed by atoms with Crippen molar-refractivity contribution in [2.75, 3.05) is 46.9 Å². The molecule has 2 heterocycles. The van der Waals surface area contributed by atoms with Crippen LogP contribution < -0.4 is 14.8 Å². The van der Waals surface area contributed by atoms with E-state index in [1.807, 2.05) is 18.2 Å². The Hall–Kier alpha value is -2.57. The van der Waals surface area contributed by atoms with Crippen molar-refractivity contribution in [1.29, 1.82) is 0 Å². The lowest BCUT2D eigenvalue weighted by Crippen LogP contribution is -2.43. The fourth-order valence-corrected chi connectivity index (χ4v) is 4.73. The lowest BCUT2D eigenvalue weighted by Gasteiger charge is -2.30. The molecule has 0 spiro atoms. The monoisotopic (exact) mass is 423 g/mol. The van der Waals surface area contributed by atoms with Crippen molar-refractivity contribution in [1.82, 2.24) is 15.1 Å². The maximum atomic E-state index is 13.1. The number of nitrogens with zero attached hydrogens (tertiary/aromatic N) is 2. The molecule has 1 amide bonds. The van der Waals surface area contributed by atoms with Crippen LogP contribution in [0.4, 0.5) is 0 Å². The molecule has 6 heteroatoms. The Kier molecular flexibility index (Phi) is 7.10. The first-order chi connectivity index (χ1) is 15.2. The smallest absolute Gasteiger partial charge is 0.242 e. The average molecular weight is 424 g/mol. The molecule has 1 saturated heterocycles. The highest BCUT2D eigenvalue weighted by Gasteiger charge is 2.29. The Morgan fingerprint density at radius 2 is 1.68 bits per heavy atom. The summed E-state index contributed by atoms with van der Waals surface area (Å²) in [5, 5.41) is 3.20. The van der Waals surface area contributed by atoms with Crippen molar-refractivity contribution in [3.05, 3.63) is 59.2 Å². The molecule has 6 nitrogen and oxygen atoms in total. The zero-order valence-corrected chi connectivity index (χ0v) is 18.6. The zero-order valence-electron chi connectivity index (χ0n) is 18.6. The summed E-state index contributed by atoms with van der Waals surface area (Å²) < 4.78 is 10.9. The van der Waals surface area contributed by atoms with Gasteiger partial charge in [-0.05, 0) is 61.2 Å². The van der Waals surface area contributed by atoms with E-state index in [4.69, 9.17) is 9.47 Å². The molecule has 0 bridgehead atoms. The number of ether oxygens (including phenoxy) is 2. The van der Waals surface area contributed by atoms with Crippen molar-refractivity contribution >= 4 is 5.91 Å². The molecule has 2 aliphatic rings. The van der Waals surface area contributed by atoms with Crippen molar-refractivity contribution in [2.24, 2.45) is 0 Å². The summed E-state index contributed by atoms with van der Waals surface area (Å²) in [6.45, 7) is 5.30. The summed E-state index contributed by atoms with van der Waals surface area (Å²) in [6, 6.07) is 14.1. The van der Waals surface area contributed by atoms with Crippen LogP contribution in [-0.2, 0) is 17.8 Å². The summed E-state index contributed by atoms with van der Waals surface area (Å²) in [6.07, 6.45) is 3.31. The van der Waals surface area contributed by atoms with E-state index in [2.05, 4.69) is 39.4 Å². The van der Waals surface area contributed by atoms with E-state index in [-0.39, 0.29) is 11.9 Å². The van der Waals surface area contributed by atoms with E-state index in [9.17, 15) is 4.79 Å². The summed E-state index contributed by atoms with van der Waals surface area (Å²) in [7, 11) is 3.34. The first-order valence-electron chi connectivity index (χ1n) is 11.2. The predicted molar refractivity (Wildman–Crippen MR) is 122 cm³/mol. The van der Waals surface area contributed by atoms with Crippen LogP contribution in [0.3, 0.4) is 0 Å². The number of fused-ring (bicyclic) bond motifs is 1. The average Bonchev–Trinajstić information content (AvgIpc) is 3.33. The molecule has 2 aliphatic heterocycles. The minimum atomic E-state index is -0.192. The van der Waals surface area contributed by atoms with Gasteiger partial charge in [0.1, 0.15) is 6.04 Å². The van der Waals surface area contributed by atoms with Gasteiger partial charge in [0.05, 0.1) is 14.2 Å². The molecule has 1 atom stereocenters. The highest BCUT2D eigenvalue weighted by Crippen LogP contribution is 2.33. The molecule has 31 heavy (non-hydrogen) atoms. The molecule has 0 saturated carbocycles. The van der Waals surface area contributed by atoms with E-state index < -0.39 is 0 Å².